The van der Waals surface area contributed by atoms with E-state index in [0.29, 0.717) is 18.3 Å². The second kappa shape index (κ2) is 8.58. The van der Waals surface area contributed by atoms with Crippen LogP contribution in [0.1, 0.15) is 36.5 Å². The summed E-state index contributed by atoms with van der Waals surface area (Å²) in [6.45, 7) is 7.03. The van der Waals surface area contributed by atoms with Gasteiger partial charge in [-0.05, 0) is 41.2 Å². The van der Waals surface area contributed by atoms with Crippen molar-refractivity contribution < 1.29 is 4.79 Å². The molecule has 3 rings (SSSR count). The largest absolute Gasteiger partial charge is 0.354 e. The number of carbonyl (C=O) groups excluding carboxylic acids is 1. The fourth-order valence-corrected chi connectivity index (χ4v) is 2.85. The molecule has 0 unspecified atom stereocenters. The van der Waals surface area contributed by atoms with Crippen LogP contribution in [0.2, 0.25) is 0 Å². The van der Waals surface area contributed by atoms with E-state index in [1.54, 1.807) is 0 Å². The van der Waals surface area contributed by atoms with Crippen molar-refractivity contribution in [2.75, 3.05) is 6.54 Å². The molecule has 2 aromatic carbocycles. The second-order valence-corrected chi connectivity index (χ2v) is 6.95. The molecule has 0 aliphatic rings. The van der Waals surface area contributed by atoms with E-state index in [2.05, 4.69) is 65.8 Å². The van der Waals surface area contributed by atoms with Crippen molar-refractivity contribution in [3.63, 3.8) is 0 Å². The third-order valence-corrected chi connectivity index (χ3v) is 4.55. The van der Waals surface area contributed by atoms with Crippen LogP contribution in [0.5, 0.6) is 0 Å². The lowest BCUT2D eigenvalue weighted by atomic mass is 10.0. The monoisotopic (exact) mass is 363 g/mol. The Hall–Kier alpha value is -3.02. The summed E-state index contributed by atoms with van der Waals surface area (Å²) in [6.07, 6.45) is 0.802. The van der Waals surface area contributed by atoms with Crippen molar-refractivity contribution in [1.82, 2.24) is 25.5 Å². The Morgan fingerprint density at radius 3 is 2.56 bits per heavy atom. The molecular formula is C21H25N5O. The minimum absolute atomic E-state index is 0.0604. The number of aryl methyl sites for hydroxylation is 1. The van der Waals surface area contributed by atoms with Crippen LogP contribution in [0, 0.1) is 6.92 Å². The van der Waals surface area contributed by atoms with Gasteiger partial charge in [0, 0.05) is 12.1 Å². The molecule has 140 valence electrons. The van der Waals surface area contributed by atoms with Crippen molar-refractivity contribution in [1.29, 1.82) is 0 Å². The van der Waals surface area contributed by atoms with Crippen LogP contribution in [0.3, 0.4) is 0 Å². The van der Waals surface area contributed by atoms with E-state index in [1.807, 2.05) is 24.3 Å². The van der Waals surface area contributed by atoms with Crippen molar-refractivity contribution in [3.05, 3.63) is 65.2 Å². The highest BCUT2D eigenvalue weighted by Gasteiger charge is 2.10. The van der Waals surface area contributed by atoms with Gasteiger partial charge in [0.2, 0.25) is 11.7 Å². The number of hydrogen-bond acceptors (Lipinski definition) is 4. The molecule has 0 bridgehead atoms. The highest BCUT2D eigenvalue weighted by Crippen LogP contribution is 2.19. The molecule has 3 aromatic rings. The quantitative estimate of drug-likeness (QED) is 0.700. The second-order valence-electron chi connectivity index (χ2n) is 6.95. The number of tetrazole rings is 1. The molecule has 1 amide bonds. The number of nitrogens with one attached hydrogen (secondary N) is 1. The van der Waals surface area contributed by atoms with Gasteiger partial charge in [-0.25, -0.2) is 0 Å². The number of carbonyl (C=O) groups is 1. The van der Waals surface area contributed by atoms with Crippen molar-refractivity contribution in [3.8, 4) is 11.4 Å². The highest BCUT2D eigenvalue weighted by molar-refractivity contribution is 5.75. The van der Waals surface area contributed by atoms with Gasteiger partial charge in [-0.15, -0.1) is 10.2 Å². The predicted octanol–water partition coefficient (Wildman–Crippen LogP) is 3.13. The minimum Gasteiger partial charge on any atom is -0.354 e. The van der Waals surface area contributed by atoms with Crippen LogP contribution in [0.15, 0.2) is 48.5 Å². The number of nitrogens with zero attached hydrogens (tertiary/aromatic N) is 4. The highest BCUT2D eigenvalue weighted by atomic mass is 16.2. The first-order valence-electron chi connectivity index (χ1n) is 9.22. The summed E-state index contributed by atoms with van der Waals surface area (Å²) >= 11 is 0. The van der Waals surface area contributed by atoms with Crippen LogP contribution in [0.4, 0.5) is 0 Å². The normalized spacial score (nSPS) is 11.0. The average molecular weight is 363 g/mol. The van der Waals surface area contributed by atoms with E-state index in [1.165, 1.54) is 21.5 Å². The van der Waals surface area contributed by atoms with E-state index < -0.39 is 0 Å². The van der Waals surface area contributed by atoms with Gasteiger partial charge in [-0.1, -0.05) is 62.4 Å². The van der Waals surface area contributed by atoms with E-state index in [4.69, 9.17) is 0 Å². The molecule has 1 N–H and O–H groups in total. The van der Waals surface area contributed by atoms with Gasteiger partial charge in [-0.3, -0.25) is 4.79 Å². The maximum Gasteiger partial charge on any atom is 0.243 e. The molecule has 0 aliphatic heterocycles. The van der Waals surface area contributed by atoms with Gasteiger partial charge >= 0.3 is 0 Å². The first kappa shape index (κ1) is 18.8. The molecule has 0 atom stereocenters. The number of amides is 1. The molecule has 1 heterocycles. The zero-order chi connectivity index (χ0) is 19.2. The Balaban J connectivity index is 1.52. The molecule has 1 aromatic heterocycles. The van der Waals surface area contributed by atoms with E-state index >= 15 is 0 Å². The smallest absolute Gasteiger partial charge is 0.243 e. The number of aromatic nitrogens is 4. The summed E-state index contributed by atoms with van der Waals surface area (Å²) in [5, 5.41) is 15.3. The molecule has 0 saturated carbocycles. The molecule has 0 fully saturated rings. The van der Waals surface area contributed by atoms with Crippen LogP contribution in [-0.2, 0) is 17.8 Å². The molecule has 6 heteroatoms. The van der Waals surface area contributed by atoms with Crippen molar-refractivity contribution >= 4 is 5.91 Å². The maximum absolute atomic E-state index is 12.1. The molecule has 0 saturated heterocycles. The Morgan fingerprint density at radius 2 is 1.85 bits per heavy atom. The predicted molar refractivity (Wildman–Crippen MR) is 105 cm³/mol. The lowest BCUT2D eigenvalue weighted by molar-refractivity contribution is -0.122. The summed E-state index contributed by atoms with van der Waals surface area (Å²) in [6, 6.07) is 16.3. The standard InChI is InChI=1S/C21H25N5O/c1-15(2)17-8-10-19(11-9-17)21-23-25-26(24-21)14-20(27)22-13-12-18-7-5-4-6-16(18)3/h4-11,15H,12-14H2,1-3H3,(H,22,27). The number of hydrogen-bond donors (Lipinski definition) is 1. The molecule has 0 radical (unpaired) electrons. The fraction of sp³-hybridized carbons (Fsp3) is 0.333. The number of rotatable bonds is 7. The first-order valence-corrected chi connectivity index (χ1v) is 9.22. The topological polar surface area (TPSA) is 72.7 Å². The van der Waals surface area contributed by atoms with Crippen molar-refractivity contribution in [2.45, 2.75) is 39.7 Å². The Kier molecular flexibility index (Phi) is 5.96. The zero-order valence-corrected chi connectivity index (χ0v) is 16.0. The van der Waals surface area contributed by atoms with Crippen LogP contribution < -0.4 is 5.32 Å². The molecule has 6 nitrogen and oxygen atoms in total. The van der Waals surface area contributed by atoms with Gasteiger partial charge in [0.25, 0.3) is 0 Å². The summed E-state index contributed by atoms with van der Waals surface area (Å²) in [7, 11) is 0. The molecule has 27 heavy (non-hydrogen) atoms. The fourth-order valence-electron chi connectivity index (χ4n) is 2.85. The summed E-state index contributed by atoms with van der Waals surface area (Å²) in [4.78, 5) is 13.4. The van der Waals surface area contributed by atoms with E-state index in [0.717, 1.165) is 12.0 Å². The van der Waals surface area contributed by atoms with Gasteiger partial charge < -0.3 is 5.32 Å². The van der Waals surface area contributed by atoms with Gasteiger partial charge in [-0.2, -0.15) is 4.80 Å². The SMILES string of the molecule is Cc1ccccc1CCNC(=O)Cn1nnc(-c2ccc(C(C)C)cc2)n1. The van der Waals surface area contributed by atoms with Gasteiger partial charge in [0.15, 0.2) is 0 Å². The Morgan fingerprint density at radius 1 is 1.11 bits per heavy atom. The number of benzene rings is 2. The van der Waals surface area contributed by atoms with Gasteiger partial charge in [0.05, 0.1) is 0 Å². The minimum atomic E-state index is -0.123. The molecule has 0 spiro atoms. The van der Waals surface area contributed by atoms with Gasteiger partial charge in [0.1, 0.15) is 6.54 Å². The molecule has 0 aliphatic carbocycles. The lowest BCUT2D eigenvalue weighted by Crippen LogP contribution is -2.30. The maximum atomic E-state index is 12.1. The van der Waals surface area contributed by atoms with Crippen LogP contribution >= 0.6 is 0 Å². The van der Waals surface area contributed by atoms with Crippen LogP contribution in [-0.4, -0.2) is 32.7 Å². The third kappa shape index (κ3) is 5.00. The summed E-state index contributed by atoms with van der Waals surface area (Å²) in [5.41, 5.74) is 4.63. The lowest BCUT2D eigenvalue weighted by Gasteiger charge is -2.07. The molecular weight excluding hydrogens is 338 g/mol. The van der Waals surface area contributed by atoms with Crippen molar-refractivity contribution in [2.24, 2.45) is 0 Å². The zero-order valence-electron chi connectivity index (χ0n) is 16.0. The van der Waals surface area contributed by atoms with E-state index in [9.17, 15) is 4.79 Å². The summed E-state index contributed by atoms with van der Waals surface area (Å²) in [5.74, 6) is 0.881. The Bertz CT molecular complexity index is 899. The first-order chi connectivity index (χ1) is 13.0. The summed E-state index contributed by atoms with van der Waals surface area (Å²) < 4.78 is 0. The van der Waals surface area contributed by atoms with Crippen LogP contribution in [0.25, 0.3) is 11.4 Å². The third-order valence-electron chi connectivity index (χ3n) is 4.55. The van der Waals surface area contributed by atoms with E-state index in [-0.39, 0.29) is 12.5 Å². The Labute approximate surface area is 159 Å². The average Bonchev–Trinajstić information content (AvgIpc) is 3.12.